The normalized spacial score (nSPS) is 20.9. The van der Waals surface area contributed by atoms with Crippen molar-refractivity contribution in [3.63, 3.8) is 0 Å². The fraction of sp³-hybridized carbons (Fsp3) is 0.583. The number of aromatic nitrogens is 1. The Labute approximate surface area is 91.8 Å². The van der Waals surface area contributed by atoms with Crippen LogP contribution in [0.2, 0.25) is 0 Å². The van der Waals surface area contributed by atoms with E-state index >= 15 is 0 Å². The van der Waals surface area contributed by atoms with Crippen LogP contribution in [0.4, 0.5) is 0 Å². The zero-order chi connectivity index (χ0) is 11.1. The Hall–Kier alpha value is -0.930. The molecule has 1 atom stereocenters. The smallest absolute Gasteiger partial charge is 0.0402 e. The van der Waals surface area contributed by atoms with E-state index in [4.69, 9.17) is 5.11 Å². The number of rotatable bonds is 1. The number of likely N-dealkylation sites (tertiary alicyclic amines) is 1. The summed E-state index contributed by atoms with van der Waals surface area (Å²) in [6.07, 6.45) is 6.41. The number of pyridine rings is 1. The molecule has 0 aromatic carbocycles. The summed E-state index contributed by atoms with van der Waals surface area (Å²) < 4.78 is 0. The van der Waals surface area contributed by atoms with E-state index in [2.05, 4.69) is 23.0 Å². The monoisotopic (exact) mass is 208 g/mol. The van der Waals surface area contributed by atoms with Gasteiger partial charge in [-0.25, -0.2) is 0 Å². The minimum atomic E-state index is 0.250. The molecule has 0 spiro atoms. The van der Waals surface area contributed by atoms with Crippen molar-refractivity contribution in [2.24, 2.45) is 0 Å². The van der Waals surface area contributed by atoms with Crippen molar-refractivity contribution >= 4 is 0 Å². The van der Waals surface area contributed by atoms with Crippen LogP contribution in [0.1, 0.15) is 31.4 Å². The zero-order valence-corrected chi connectivity index (χ0v) is 9.56. The molecule has 1 aromatic heterocycles. The fourth-order valence-electron chi connectivity index (χ4n) is 1.90. The molecule has 0 aliphatic carbocycles. The van der Waals surface area contributed by atoms with Gasteiger partial charge in [-0.2, -0.15) is 0 Å². The average Bonchev–Trinajstić information content (AvgIpc) is 2.67. The Morgan fingerprint density at radius 3 is 2.80 bits per heavy atom. The average molecular weight is 208 g/mol. The summed E-state index contributed by atoms with van der Waals surface area (Å²) in [6, 6.07) is 4.79. The van der Waals surface area contributed by atoms with E-state index < -0.39 is 0 Å². The standard InChI is InChI=1S/C10H14N2.C2H6O/c1-12-7-3-5-10(12)9-4-2-6-11-8-9;1-2-3/h2,4,6,8,10H,3,5,7H2,1H3;3H,2H2,1H3. The third-order valence-corrected chi connectivity index (χ3v) is 2.59. The maximum absolute atomic E-state index is 7.57. The van der Waals surface area contributed by atoms with Crippen LogP contribution in [-0.4, -0.2) is 35.2 Å². The number of hydrogen-bond donors (Lipinski definition) is 1. The molecule has 84 valence electrons. The van der Waals surface area contributed by atoms with Gasteiger partial charge in [-0.15, -0.1) is 0 Å². The van der Waals surface area contributed by atoms with Crippen LogP contribution < -0.4 is 0 Å². The Bertz CT molecular complexity index is 264. The van der Waals surface area contributed by atoms with Gasteiger partial charge in [0.1, 0.15) is 0 Å². The van der Waals surface area contributed by atoms with Crippen molar-refractivity contribution in [2.75, 3.05) is 20.2 Å². The molecule has 0 saturated carbocycles. The molecule has 0 bridgehead atoms. The Balaban J connectivity index is 0.000000337. The van der Waals surface area contributed by atoms with E-state index in [0.29, 0.717) is 6.04 Å². The van der Waals surface area contributed by atoms with E-state index in [1.165, 1.54) is 24.9 Å². The molecule has 3 nitrogen and oxygen atoms in total. The van der Waals surface area contributed by atoms with Crippen molar-refractivity contribution in [1.29, 1.82) is 0 Å². The first-order valence-corrected chi connectivity index (χ1v) is 5.50. The van der Waals surface area contributed by atoms with Crippen LogP contribution in [0, 0.1) is 0 Å². The Morgan fingerprint density at radius 2 is 2.33 bits per heavy atom. The predicted octanol–water partition coefficient (Wildman–Crippen LogP) is 1.85. The Kier molecular flexibility index (Phi) is 5.29. The number of aliphatic hydroxyl groups excluding tert-OH is 1. The van der Waals surface area contributed by atoms with Crippen LogP contribution in [0.5, 0.6) is 0 Å². The summed E-state index contributed by atoms with van der Waals surface area (Å²) in [6.45, 7) is 3.15. The molecule has 15 heavy (non-hydrogen) atoms. The molecule has 2 rings (SSSR count). The third kappa shape index (κ3) is 3.61. The van der Waals surface area contributed by atoms with Crippen LogP contribution in [0.25, 0.3) is 0 Å². The lowest BCUT2D eigenvalue weighted by Crippen LogP contribution is -2.17. The number of hydrogen-bond acceptors (Lipinski definition) is 3. The lowest BCUT2D eigenvalue weighted by atomic mass is 10.1. The summed E-state index contributed by atoms with van der Waals surface area (Å²) in [5.74, 6) is 0. The molecular weight excluding hydrogens is 188 g/mol. The Morgan fingerprint density at radius 1 is 1.60 bits per heavy atom. The van der Waals surface area contributed by atoms with Gasteiger partial charge in [0.05, 0.1) is 0 Å². The maximum atomic E-state index is 7.57. The van der Waals surface area contributed by atoms with E-state index in [9.17, 15) is 0 Å². The third-order valence-electron chi connectivity index (χ3n) is 2.59. The summed E-state index contributed by atoms with van der Waals surface area (Å²) in [4.78, 5) is 6.54. The van der Waals surface area contributed by atoms with Crippen LogP contribution >= 0.6 is 0 Å². The van der Waals surface area contributed by atoms with Gasteiger partial charge in [0, 0.05) is 25.0 Å². The number of aliphatic hydroxyl groups is 1. The second kappa shape index (κ2) is 6.53. The van der Waals surface area contributed by atoms with Crippen molar-refractivity contribution < 1.29 is 5.11 Å². The van der Waals surface area contributed by atoms with Gasteiger partial charge in [-0.05, 0) is 45.0 Å². The molecule has 1 aromatic rings. The minimum absolute atomic E-state index is 0.250. The quantitative estimate of drug-likeness (QED) is 0.765. The van der Waals surface area contributed by atoms with Gasteiger partial charge in [-0.1, -0.05) is 6.07 Å². The molecule has 1 unspecified atom stereocenters. The SMILES string of the molecule is CCO.CN1CCCC1c1cccnc1. The van der Waals surface area contributed by atoms with Crippen LogP contribution in [-0.2, 0) is 0 Å². The van der Waals surface area contributed by atoms with E-state index in [0.717, 1.165) is 0 Å². The molecular formula is C12H20N2O. The van der Waals surface area contributed by atoms with Crippen molar-refractivity contribution in [3.05, 3.63) is 30.1 Å². The van der Waals surface area contributed by atoms with Gasteiger partial charge < -0.3 is 5.11 Å². The highest BCUT2D eigenvalue weighted by molar-refractivity contribution is 5.14. The van der Waals surface area contributed by atoms with Crippen molar-refractivity contribution in [3.8, 4) is 0 Å². The molecule has 0 amide bonds. The summed E-state index contributed by atoms with van der Waals surface area (Å²) in [5.41, 5.74) is 1.36. The summed E-state index contributed by atoms with van der Waals surface area (Å²) in [7, 11) is 2.19. The van der Waals surface area contributed by atoms with Crippen molar-refractivity contribution in [1.82, 2.24) is 9.88 Å². The zero-order valence-electron chi connectivity index (χ0n) is 9.56. The minimum Gasteiger partial charge on any atom is -0.397 e. The van der Waals surface area contributed by atoms with Crippen LogP contribution in [0.15, 0.2) is 24.5 Å². The molecule has 1 saturated heterocycles. The van der Waals surface area contributed by atoms with E-state index in [1.54, 1.807) is 6.92 Å². The highest BCUT2D eigenvalue weighted by Crippen LogP contribution is 2.29. The predicted molar refractivity (Wildman–Crippen MR) is 61.6 cm³/mol. The molecule has 2 heterocycles. The first kappa shape index (κ1) is 12.1. The van der Waals surface area contributed by atoms with E-state index in [-0.39, 0.29) is 6.61 Å². The molecule has 1 aliphatic rings. The van der Waals surface area contributed by atoms with Gasteiger partial charge in [0.2, 0.25) is 0 Å². The molecule has 1 aliphatic heterocycles. The second-order valence-electron chi connectivity index (χ2n) is 3.74. The summed E-state index contributed by atoms with van der Waals surface area (Å²) >= 11 is 0. The van der Waals surface area contributed by atoms with Gasteiger partial charge in [0.15, 0.2) is 0 Å². The topological polar surface area (TPSA) is 36.4 Å². The van der Waals surface area contributed by atoms with Crippen molar-refractivity contribution in [2.45, 2.75) is 25.8 Å². The second-order valence-corrected chi connectivity index (χ2v) is 3.74. The first-order valence-electron chi connectivity index (χ1n) is 5.50. The summed E-state index contributed by atoms with van der Waals surface area (Å²) in [5, 5.41) is 7.57. The fourth-order valence-corrected chi connectivity index (χ4v) is 1.90. The van der Waals surface area contributed by atoms with Gasteiger partial charge in [0.25, 0.3) is 0 Å². The highest BCUT2D eigenvalue weighted by atomic mass is 16.2. The largest absolute Gasteiger partial charge is 0.397 e. The molecule has 1 fully saturated rings. The molecule has 3 heteroatoms. The van der Waals surface area contributed by atoms with Gasteiger partial charge in [-0.3, -0.25) is 9.88 Å². The maximum Gasteiger partial charge on any atom is 0.0402 e. The number of nitrogens with zero attached hydrogens (tertiary/aromatic N) is 2. The van der Waals surface area contributed by atoms with Gasteiger partial charge >= 0.3 is 0 Å². The van der Waals surface area contributed by atoms with Crippen LogP contribution in [0.3, 0.4) is 0 Å². The molecule has 1 N–H and O–H groups in total. The van der Waals surface area contributed by atoms with E-state index in [1.807, 2.05) is 18.5 Å². The lowest BCUT2D eigenvalue weighted by Gasteiger charge is -2.18. The highest BCUT2D eigenvalue weighted by Gasteiger charge is 2.21. The first-order chi connectivity index (χ1) is 7.29. The lowest BCUT2D eigenvalue weighted by molar-refractivity contribution is 0.317. The molecule has 0 radical (unpaired) electrons.